The van der Waals surface area contributed by atoms with E-state index in [-0.39, 0.29) is 5.41 Å². The van der Waals surface area contributed by atoms with Crippen LogP contribution in [0.1, 0.15) is 30.9 Å². The molecule has 2 heterocycles. The summed E-state index contributed by atoms with van der Waals surface area (Å²) < 4.78 is 0. The molecule has 0 amide bonds. The minimum Gasteiger partial charge on any atom is -0.371 e. The number of piperidine rings is 1. The molecule has 3 heteroatoms. The monoisotopic (exact) mass is 241 g/mol. The maximum Gasteiger partial charge on any atom is 0.0991 e. The molecule has 0 aliphatic carbocycles. The summed E-state index contributed by atoms with van der Waals surface area (Å²) in [4.78, 5) is 2.46. The van der Waals surface area contributed by atoms with E-state index in [4.69, 9.17) is 5.26 Å². The quantitative estimate of drug-likeness (QED) is 0.817. The van der Waals surface area contributed by atoms with Gasteiger partial charge in [0.15, 0.2) is 0 Å². The Morgan fingerprint density at radius 2 is 2.17 bits per heavy atom. The molecular weight excluding hydrogens is 222 g/mol. The average Bonchev–Trinajstić information content (AvgIpc) is 2.73. The SMILES string of the molecule is CCN1CC2(CCNCC2)c2cc(C#N)ccc21. The molecule has 2 aliphatic heterocycles. The second-order valence-electron chi connectivity index (χ2n) is 5.39. The first-order valence-corrected chi connectivity index (χ1v) is 6.79. The Morgan fingerprint density at radius 1 is 1.39 bits per heavy atom. The second kappa shape index (κ2) is 4.29. The van der Waals surface area contributed by atoms with E-state index in [0.29, 0.717) is 0 Å². The largest absolute Gasteiger partial charge is 0.371 e. The first-order chi connectivity index (χ1) is 8.79. The summed E-state index contributed by atoms with van der Waals surface area (Å²) in [5.74, 6) is 0. The third kappa shape index (κ3) is 1.60. The molecule has 0 aromatic heterocycles. The maximum atomic E-state index is 9.10. The second-order valence-corrected chi connectivity index (χ2v) is 5.39. The molecule has 1 saturated heterocycles. The van der Waals surface area contributed by atoms with Gasteiger partial charge in [-0.25, -0.2) is 0 Å². The fourth-order valence-corrected chi connectivity index (χ4v) is 3.46. The highest BCUT2D eigenvalue weighted by molar-refractivity contribution is 5.65. The minimum atomic E-state index is 0.281. The van der Waals surface area contributed by atoms with Crippen LogP contribution in [0.2, 0.25) is 0 Å². The number of nitrogens with one attached hydrogen (secondary N) is 1. The van der Waals surface area contributed by atoms with Gasteiger partial charge in [0.05, 0.1) is 11.6 Å². The van der Waals surface area contributed by atoms with Crippen LogP contribution < -0.4 is 10.2 Å². The van der Waals surface area contributed by atoms with Gasteiger partial charge in [0, 0.05) is 24.2 Å². The topological polar surface area (TPSA) is 39.1 Å². The van der Waals surface area contributed by atoms with Gasteiger partial charge in [-0.05, 0) is 56.6 Å². The van der Waals surface area contributed by atoms with Crippen molar-refractivity contribution in [3.63, 3.8) is 0 Å². The van der Waals surface area contributed by atoms with Gasteiger partial charge in [0.25, 0.3) is 0 Å². The number of likely N-dealkylation sites (N-methyl/N-ethyl adjacent to an activating group) is 1. The summed E-state index contributed by atoms with van der Waals surface area (Å²) in [7, 11) is 0. The Labute approximate surface area is 108 Å². The van der Waals surface area contributed by atoms with Crippen molar-refractivity contribution in [2.24, 2.45) is 0 Å². The highest BCUT2D eigenvalue weighted by atomic mass is 15.2. The van der Waals surface area contributed by atoms with Crippen molar-refractivity contribution in [3.8, 4) is 6.07 Å². The zero-order valence-corrected chi connectivity index (χ0v) is 10.9. The predicted molar refractivity (Wildman–Crippen MR) is 72.8 cm³/mol. The molecule has 3 rings (SSSR count). The van der Waals surface area contributed by atoms with Crippen molar-refractivity contribution in [1.29, 1.82) is 5.26 Å². The molecule has 1 aromatic carbocycles. The lowest BCUT2D eigenvalue weighted by atomic mass is 9.74. The molecular formula is C15H19N3. The van der Waals surface area contributed by atoms with E-state index < -0.39 is 0 Å². The first-order valence-electron chi connectivity index (χ1n) is 6.79. The molecule has 1 spiro atoms. The predicted octanol–water partition coefficient (Wildman–Crippen LogP) is 2.02. The number of fused-ring (bicyclic) bond motifs is 2. The fraction of sp³-hybridized carbons (Fsp3) is 0.533. The van der Waals surface area contributed by atoms with Crippen molar-refractivity contribution >= 4 is 5.69 Å². The van der Waals surface area contributed by atoms with Crippen LogP contribution in [-0.2, 0) is 5.41 Å². The highest BCUT2D eigenvalue weighted by Gasteiger charge is 2.42. The Hall–Kier alpha value is -1.53. The molecule has 0 saturated carbocycles. The number of benzene rings is 1. The lowest BCUT2D eigenvalue weighted by Gasteiger charge is -2.34. The lowest BCUT2D eigenvalue weighted by Crippen LogP contribution is -2.43. The highest BCUT2D eigenvalue weighted by Crippen LogP contribution is 2.46. The van der Waals surface area contributed by atoms with Crippen molar-refractivity contribution in [2.75, 3.05) is 31.1 Å². The molecule has 0 radical (unpaired) electrons. The summed E-state index contributed by atoms with van der Waals surface area (Å²) in [5, 5.41) is 12.5. The molecule has 18 heavy (non-hydrogen) atoms. The van der Waals surface area contributed by atoms with Gasteiger partial charge in [0.2, 0.25) is 0 Å². The van der Waals surface area contributed by atoms with Crippen molar-refractivity contribution in [2.45, 2.75) is 25.2 Å². The average molecular weight is 241 g/mol. The van der Waals surface area contributed by atoms with E-state index in [2.05, 4.69) is 35.3 Å². The number of hydrogen-bond acceptors (Lipinski definition) is 3. The molecule has 3 nitrogen and oxygen atoms in total. The van der Waals surface area contributed by atoms with Crippen molar-refractivity contribution < 1.29 is 0 Å². The zero-order chi connectivity index (χ0) is 12.6. The van der Waals surface area contributed by atoms with Crippen LogP contribution >= 0.6 is 0 Å². The Balaban J connectivity index is 2.09. The van der Waals surface area contributed by atoms with Gasteiger partial charge < -0.3 is 10.2 Å². The number of rotatable bonds is 1. The van der Waals surface area contributed by atoms with Crippen LogP contribution in [0.15, 0.2) is 18.2 Å². The van der Waals surface area contributed by atoms with Crippen LogP contribution in [-0.4, -0.2) is 26.2 Å². The summed E-state index contributed by atoms with van der Waals surface area (Å²) in [6, 6.07) is 8.48. The summed E-state index contributed by atoms with van der Waals surface area (Å²) in [6.45, 7) is 6.56. The zero-order valence-electron chi connectivity index (χ0n) is 10.9. The van der Waals surface area contributed by atoms with Crippen molar-refractivity contribution in [1.82, 2.24) is 5.32 Å². The minimum absolute atomic E-state index is 0.281. The molecule has 1 aromatic rings. The van der Waals surface area contributed by atoms with Crippen LogP contribution in [0, 0.1) is 11.3 Å². The smallest absolute Gasteiger partial charge is 0.0991 e. The summed E-state index contributed by atoms with van der Waals surface area (Å²) in [5.41, 5.74) is 3.83. The van der Waals surface area contributed by atoms with Gasteiger partial charge in [-0.1, -0.05) is 0 Å². The first kappa shape index (κ1) is 11.6. The Bertz CT molecular complexity index is 495. The number of nitriles is 1. The van der Waals surface area contributed by atoms with Gasteiger partial charge >= 0.3 is 0 Å². The van der Waals surface area contributed by atoms with Gasteiger partial charge in [0.1, 0.15) is 0 Å². The van der Waals surface area contributed by atoms with E-state index in [1.54, 1.807) is 0 Å². The summed E-state index contributed by atoms with van der Waals surface area (Å²) >= 11 is 0. The van der Waals surface area contributed by atoms with E-state index in [0.717, 1.165) is 31.7 Å². The van der Waals surface area contributed by atoms with Gasteiger partial charge in [-0.2, -0.15) is 5.26 Å². The number of hydrogen-bond donors (Lipinski definition) is 1. The lowest BCUT2D eigenvalue weighted by molar-refractivity contribution is 0.326. The fourth-order valence-electron chi connectivity index (χ4n) is 3.46. The Morgan fingerprint density at radius 3 is 2.83 bits per heavy atom. The van der Waals surface area contributed by atoms with E-state index in [1.165, 1.54) is 24.1 Å². The molecule has 1 N–H and O–H groups in total. The molecule has 2 aliphatic rings. The normalized spacial score (nSPS) is 20.8. The summed E-state index contributed by atoms with van der Waals surface area (Å²) in [6.07, 6.45) is 2.37. The molecule has 0 atom stereocenters. The van der Waals surface area contributed by atoms with Gasteiger partial charge in [-0.15, -0.1) is 0 Å². The van der Waals surface area contributed by atoms with E-state index >= 15 is 0 Å². The van der Waals surface area contributed by atoms with Crippen LogP contribution in [0.4, 0.5) is 5.69 Å². The Kier molecular flexibility index (Phi) is 2.76. The van der Waals surface area contributed by atoms with Crippen LogP contribution in [0.3, 0.4) is 0 Å². The molecule has 0 bridgehead atoms. The number of anilines is 1. The molecule has 1 fully saturated rings. The van der Waals surface area contributed by atoms with Crippen molar-refractivity contribution in [3.05, 3.63) is 29.3 Å². The standard InChI is InChI=1S/C15H19N3/c1-2-18-11-15(5-7-17-8-6-15)13-9-12(10-16)3-4-14(13)18/h3-4,9,17H,2,5-8,11H2,1H3. The maximum absolute atomic E-state index is 9.10. The van der Waals surface area contributed by atoms with Crippen LogP contribution in [0.25, 0.3) is 0 Å². The van der Waals surface area contributed by atoms with Gasteiger partial charge in [-0.3, -0.25) is 0 Å². The van der Waals surface area contributed by atoms with Crippen LogP contribution in [0.5, 0.6) is 0 Å². The third-order valence-electron chi connectivity index (χ3n) is 4.47. The third-order valence-corrected chi connectivity index (χ3v) is 4.47. The number of nitrogens with zero attached hydrogens (tertiary/aromatic N) is 2. The van der Waals surface area contributed by atoms with E-state index in [1.807, 2.05) is 6.07 Å². The molecule has 94 valence electrons. The molecule has 0 unspecified atom stereocenters. The van der Waals surface area contributed by atoms with E-state index in [9.17, 15) is 0 Å².